The van der Waals surface area contributed by atoms with Gasteiger partial charge >= 0.3 is 12.1 Å². The minimum absolute atomic E-state index is 0.0343. The molecule has 0 spiro atoms. The molecule has 0 radical (unpaired) electrons. The predicted molar refractivity (Wildman–Crippen MR) is 113 cm³/mol. The van der Waals surface area contributed by atoms with Gasteiger partial charge in [0.1, 0.15) is 12.2 Å². The lowest BCUT2D eigenvalue weighted by molar-refractivity contribution is -0.123. The molecule has 8 nitrogen and oxygen atoms in total. The van der Waals surface area contributed by atoms with Crippen molar-refractivity contribution in [1.82, 2.24) is 9.88 Å². The van der Waals surface area contributed by atoms with Crippen LogP contribution in [0.2, 0.25) is 0 Å². The van der Waals surface area contributed by atoms with Crippen molar-refractivity contribution in [2.45, 2.75) is 18.0 Å². The molecule has 0 saturated heterocycles. The van der Waals surface area contributed by atoms with Gasteiger partial charge in [-0.2, -0.15) is 13.2 Å². The first-order valence-corrected chi connectivity index (χ1v) is 10.9. The van der Waals surface area contributed by atoms with Crippen molar-refractivity contribution in [3.05, 3.63) is 77.6 Å². The van der Waals surface area contributed by atoms with E-state index in [0.29, 0.717) is 11.3 Å². The first kappa shape index (κ1) is 23.9. The number of halogens is 3. The van der Waals surface area contributed by atoms with Crippen molar-refractivity contribution in [1.29, 1.82) is 0 Å². The normalized spacial score (nSPS) is 11.8. The maximum Gasteiger partial charge on any atom is 0.405 e. The third kappa shape index (κ3) is 5.71. The highest BCUT2D eigenvalue weighted by Gasteiger charge is 2.28. The highest BCUT2D eigenvalue weighted by molar-refractivity contribution is 7.92. The molecule has 0 aliphatic heterocycles. The van der Waals surface area contributed by atoms with E-state index in [2.05, 4.69) is 4.72 Å². The zero-order chi connectivity index (χ0) is 24.4. The van der Waals surface area contributed by atoms with Gasteiger partial charge in [-0.25, -0.2) is 13.2 Å². The lowest BCUT2D eigenvalue weighted by atomic mass is 10.1. The molecule has 3 rings (SSSR count). The highest BCUT2D eigenvalue weighted by atomic mass is 32.2. The zero-order valence-corrected chi connectivity index (χ0v) is 17.9. The monoisotopic (exact) mass is 481 g/mol. The number of aromatic carboxylic acids is 1. The number of carboxylic acids is 1. The Hall–Kier alpha value is -3.80. The molecular formula is C21H18F3N3O5S. The molecule has 0 unspecified atom stereocenters. The van der Waals surface area contributed by atoms with Crippen LogP contribution in [0.5, 0.6) is 0 Å². The number of hydrogen-bond acceptors (Lipinski definition) is 4. The summed E-state index contributed by atoms with van der Waals surface area (Å²) in [4.78, 5) is 23.0. The lowest BCUT2D eigenvalue weighted by Gasteiger charge is -2.14. The number of benzene rings is 2. The summed E-state index contributed by atoms with van der Waals surface area (Å²) >= 11 is 0. The van der Waals surface area contributed by atoms with Crippen molar-refractivity contribution in [3.63, 3.8) is 0 Å². The summed E-state index contributed by atoms with van der Waals surface area (Å²) in [6, 6.07) is 12.1. The number of hydrogen-bond donors (Lipinski definition) is 3. The van der Waals surface area contributed by atoms with Crippen molar-refractivity contribution in [2.75, 3.05) is 11.3 Å². The van der Waals surface area contributed by atoms with Crippen LogP contribution in [0.15, 0.2) is 65.7 Å². The van der Waals surface area contributed by atoms with E-state index in [9.17, 15) is 36.3 Å². The van der Waals surface area contributed by atoms with Gasteiger partial charge in [0.25, 0.3) is 15.9 Å². The summed E-state index contributed by atoms with van der Waals surface area (Å²) in [5.41, 5.74) is 1.07. The van der Waals surface area contributed by atoms with Gasteiger partial charge in [-0.1, -0.05) is 6.07 Å². The smallest absolute Gasteiger partial charge is 0.405 e. The number of carbonyl (C=O) groups is 2. The molecule has 33 heavy (non-hydrogen) atoms. The summed E-state index contributed by atoms with van der Waals surface area (Å²) in [7, 11) is -4.17. The van der Waals surface area contributed by atoms with Gasteiger partial charge in [0, 0.05) is 23.1 Å². The summed E-state index contributed by atoms with van der Waals surface area (Å²) in [5, 5.41) is 11.0. The number of anilines is 1. The number of rotatable bonds is 7. The van der Waals surface area contributed by atoms with E-state index >= 15 is 0 Å². The summed E-state index contributed by atoms with van der Waals surface area (Å²) in [6.45, 7) is 0.127. The van der Waals surface area contributed by atoms with Gasteiger partial charge in [0.05, 0.1) is 4.90 Å². The number of nitrogens with zero attached hydrogens (tertiary/aromatic N) is 1. The van der Waals surface area contributed by atoms with Crippen LogP contribution in [0.25, 0.3) is 5.69 Å². The Morgan fingerprint density at radius 2 is 1.79 bits per heavy atom. The van der Waals surface area contributed by atoms with E-state index in [1.54, 1.807) is 30.6 Å². The van der Waals surface area contributed by atoms with E-state index in [1.807, 2.05) is 0 Å². The minimum Gasteiger partial charge on any atom is -0.477 e. The van der Waals surface area contributed by atoms with E-state index in [-0.39, 0.29) is 21.8 Å². The second-order valence-electron chi connectivity index (χ2n) is 7.00. The maximum atomic E-state index is 12.8. The van der Waals surface area contributed by atoms with Gasteiger partial charge in [-0.15, -0.1) is 0 Å². The highest BCUT2D eigenvalue weighted by Crippen LogP contribution is 2.24. The number of aromatic nitrogens is 1. The molecule has 0 aliphatic rings. The van der Waals surface area contributed by atoms with E-state index in [0.717, 1.165) is 6.07 Å². The fraction of sp³-hybridized carbons (Fsp3) is 0.143. The van der Waals surface area contributed by atoms with Crippen LogP contribution < -0.4 is 10.0 Å². The Labute approximate surface area is 186 Å². The van der Waals surface area contributed by atoms with Crippen LogP contribution in [-0.2, 0) is 10.0 Å². The quantitative estimate of drug-likeness (QED) is 0.477. The van der Waals surface area contributed by atoms with Crippen LogP contribution >= 0.6 is 0 Å². The molecule has 0 aliphatic carbocycles. The van der Waals surface area contributed by atoms with Gasteiger partial charge in [-0.05, 0) is 61.0 Å². The van der Waals surface area contributed by atoms with Crippen molar-refractivity contribution in [2.24, 2.45) is 0 Å². The standard InChI is InChI=1S/C21H18F3N3O5S/c1-13-10-15(7-8-17(13)27-9-3-6-18(27)20(29)30)26-33(31,32)16-5-2-4-14(11-16)19(28)25-12-21(22,23)24/h2-11,26H,12H2,1H3,(H,25,28)(H,29,30). The third-order valence-electron chi connectivity index (χ3n) is 4.53. The predicted octanol–water partition coefficient (Wildman–Crippen LogP) is 3.58. The minimum atomic E-state index is -4.60. The van der Waals surface area contributed by atoms with Gasteiger partial charge < -0.3 is 15.0 Å². The maximum absolute atomic E-state index is 12.8. The Balaban J connectivity index is 1.82. The fourth-order valence-electron chi connectivity index (χ4n) is 3.06. The molecule has 0 bridgehead atoms. The van der Waals surface area contributed by atoms with Crippen molar-refractivity contribution in [3.8, 4) is 5.69 Å². The van der Waals surface area contributed by atoms with E-state index in [4.69, 9.17) is 0 Å². The van der Waals surface area contributed by atoms with Gasteiger partial charge in [-0.3, -0.25) is 9.52 Å². The lowest BCUT2D eigenvalue weighted by Crippen LogP contribution is -2.33. The molecule has 1 amide bonds. The Bertz CT molecular complexity index is 1320. The Morgan fingerprint density at radius 3 is 2.42 bits per heavy atom. The van der Waals surface area contributed by atoms with Gasteiger partial charge in [0.2, 0.25) is 0 Å². The first-order chi connectivity index (χ1) is 15.4. The van der Waals surface area contributed by atoms with E-state index < -0.39 is 34.6 Å². The Kier molecular flexibility index (Phi) is 6.49. The number of alkyl halides is 3. The average molecular weight is 481 g/mol. The van der Waals surface area contributed by atoms with Crippen LogP contribution in [0, 0.1) is 6.92 Å². The third-order valence-corrected chi connectivity index (χ3v) is 5.91. The van der Waals surface area contributed by atoms with Crippen LogP contribution in [0.1, 0.15) is 26.4 Å². The second-order valence-corrected chi connectivity index (χ2v) is 8.68. The molecule has 0 atom stereocenters. The molecule has 174 valence electrons. The molecular weight excluding hydrogens is 463 g/mol. The number of carbonyl (C=O) groups excluding carboxylic acids is 1. The molecule has 0 fully saturated rings. The van der Waals surface area contributed by atoms with E-state index in [1.165, 1.54) is 41.0 Å². The first-order valence-electron chi connectivity index (χ1n) is 9.37. The summed E-state index contributed by atoms with van der Waals surface area (Å²) < 4.78 is 66.2. The number of carboxylic acid groups (broad SMARTS) is 1. The molecule has 3 N–H and O–H groups in total. The SMILES string of the molecule is Cc1cc(NS(=O)(=O)c2cccc(C(=O)NCC(F)(F)F)c2)ccc1-n1cccc1C(=O)O. The van der Waals surface area contributed by atoms with Crippen molar-refractivity contribution >= 4 is 27.6 Å². The molecule has 12 heteroatoms. The number of sulfonamides is 1. The van der Waals surface area contributed by atoms with Crippen LogP contribution in [-0.4, -0.2) is 42.7 Å². The molecule has 0 saturated carbocycles. The molecule has 1 aromatic heterocycles. The van der Waals surface area contributed by atoms with Crippen molar-refractivity contribution < 1.29 is 36.3 Å². The number of aryl methyl sites for hydroxylation is 1. The molecule has 3 aromatic rings. The number of amides is 1. The summed E-state index contributed by atoms with van der Waals surface area (Å²) in [6.07, 6.45) is -3.04. The second kappa shape index (κ2) is 8.98. The van der Waals surface area contributed by atoms with Crippen LogP contribution in [0.3, 0.4) is 0 Å². The molecule has 1 heterocycles. The zero-order valence-electron chi connectivity index (χ0n) is 17.1. The summed E-state index contributed by atoms with van der Waals surface area (Å²) in [5.74, 6) is -2.19. The van der Waals surface area contributed by atoms with Crippen LogP contribution in [0.4, 0.5) is 18.9 Å². The van der Waals surface area contributed by atoms with Gasteiger partial charge in [0.15, 0.2) is 0 Å². The molecule has 2 aromatic carbocycles. The Morgan fingerprint density at radius 1 is 1.06 bits per heavy atom. The largest absolute Gasteiger partial charge is 0.477 e. The average Bonchev–Trinajstić information content (AvgIpc) is 3.21. The fourth-order valence-corrected chi connectivity index (χ4v) is 4.15. The topological polar surface area (TPSA) is 117 Å². The number of nitrogens with one attached hydrogen (secondary N) is 2.